The molecule has 4 rings (SSSR count). The number of nitrogens with zero attached hydrogens (tertiary/aromatic N) is 3. The Balaban J connectivity index is 1.72. The van der Waals surface area contributed by atoms with E-state index in [2.05, 4.69) is 52.8 Å². The Labute approximate surface area is 132 Å². The van der Waals surface area contributed by atoms with Gasteiger partial charge in [-0.2, -0.15) is 4.98 Å². The second kappa shape index (κ2) is 4.91. The fourth-order valence-corrected chi connectivity index (χ4v) is 3.40. The van der Waals surface area contributed by atoms with Crippen molar-refractivity contribution in [2.75, 3.05) is 5.32 Å². The second-order valence-corrected chi connectivity index (χ2v) is 6.67. The summed E-state index contributed by atoms with van der Waals surface area (Å²) in [6.07, 6.45) is 1.95. The van der Waals surface area contributed by atoms with E-state index in [-0.39, 0.29) is 11.8 Å². The van der Waals surface area contributed by atoms with Gasteiger partial charge in [-0.05, 0) is 32.3 Å². The molecular weight excluding hydrogens is 296 g/mol. The average molecular weight is 312 g/mol. The van der Waals surface area contributed by atoms with Crippen LogP contribution >= 0.6 is 11.3 Å². The van der Waals surface area contributed by atoms with Gasteiger partial charge >= 0.3 is 0 Å². The molecule has 1 aromatic carbocycles. The Morgan fingerprint density at radius 3 is 2.91 bits per heavy atom. The van der Waals surface area contributed by atoms with Crippen LogP contribution in [-0.4, -0.2) is 20.5 Å². The van der Waals surface area contributed by atoms with Gasteiger partial charge in [0, 0.05) is 16.9 Å². The summed E-state index contributed by atoms with van der Waals surface area (Å²) in [6.45, 7) is 4.18. The maximum absolute atomic E-state index is 11.8. The topological polar surface area (TPSA) is 59.3 Å². The molecule has 0 radical (unpaired) electrons. The second-order valence-electron chi connectivity index (χ2n) is 5.83. The van der Waals surface area contributed by atoms with E-state index in [0.717, 1.165) is 29.1 Å². The van der Waals surface area contributed by atoms with Crippen LogP contribution < -0.4 is 5.32 Å². The summed E-state index contributed by atoms with van der Waals surface area (Å²) in [5, 5.41) is 9.31. The van der Waals surface area contributed by atoms with Gasteiger partial charge in [-0.3, -0.25) is 10.1 Å². The van der Waals surface area contributed by atoms with E-state index in [9.17, 15) is 4.79 Å². The molecule has 5 nitrogen and oxygen atoms in total. The van der Waals surface area contributed by atoms with Gasteiger partial charge in [-0.25, -0.2) is 4.52 Å². The molecule has 1 aliphatic rings. The summed E-state index contributed by atoms with van der Waals surface area (Å²) in [5.41, 5.74) is 4.60. The van der Waals surface area contributed by atoms with Crippen molar-refractivity contribution < 1.29 is 4.79 Å². The predicted molar refractivity (Wildman–Crippen MR) is 87.1 cm³/mol. The molecule has 2 heterocycles. The van der Waals surface area contributed by atoms with Crippen molar-refractivity contribution in [2.24, 2.45) is 5.92 Å². The minimum atomic E-state index is 0.0336. The lowest BCUT2D eigenvalue weighted by Crippen LogP contribution is -2.14. The third kappa shape index (κ3) is 2.29. The molecule has 0 aliphatic heterocycles. The molecule has 0 saturated heterocycles. The van der Waals surface area contributed by atoms with Crippen molar-refractivity contribution in [2.45, 2.75) is 26.7 Å². The van der Waals surface area contributed by atoms with Crippen LogP contribution in [0.1, 0.15) is 24.0 Å². The Kier molecular flexibility index (Phi) is 3.00. The number of hydrogen-bond acceptors (Lipinski definition) is 4. The average Bonchev–Trinajstić information content (AvgIpc) is 3.15. The van der Waals surface area contributed by atoms with Crippen molar-refractivity contribution in [1.82, 2.24) is 14.6 Å². The summed E-state index contributed by atoms with van der Waals surface area (Å²) in [4.78, 5) is 17.0. The van der Waals surface area contributed by atoms with E-state index in [0.29, 0.717) is 5.95 Å². The molecule has 112 valence electrons. The highest BCUT2D eigenvalue weighted by atomic mass is 32.1. The molecule has 22 heavy (non-hydrogen) atoms. The largest absolute Gasteiger partial charge is 0.293 e. The fourth-order valence-electron chi connectivity index (χ4n) is 2.58. The van der Waals surface area contributed by atoms with E-state index >= 15 is 0 Å². The number of carbonyl (C=O) groups is 1. The van der Waals surface area contributed by atoms with Gasteiger partial charge in [0.1, 0.15) is 0 Å². The van der Waals surface area contributed by atoms with Gasteiger partial charge in [0.25, 0.3) is 0 Å². The zero-order chi connectivity index (χ0) is 15.3. The number of nitrogens with one attached hydrogen (secondary N) is 1. The van der Waals surface area contributed by atoms with Crippen LogP contribution in [0.3, 0.4) is 0 Å². The molecular formula is C16H16N4OS. The number of thiazole rings is 1. The van der Waals surface area contributed by atoms with Gasteiger partial charge in [-0.15, -0.1) is 16.4 Å². The smallest absolute Gasteiger partial charge is 0.250 e. The van der Waals surface area contributed by atoms with Gasteiger partial charge in [0.05, 0.1) is 5.69 Å². The van der Waals surface area contributed by atoms with E-state index in [1.54, 1.807) is 0 Å². The van der Waals surface area contributed by atoms with Gasteiger partial charge in [-0.1, -0.05) is 23.8 Å². The van der Waals surface area contributed by atoms with Gasteiger partial charge < -0.3 is 0 Å². The van der Waals surface area contributed by atoms with Crippen LogP contribution in [0.15, 0.2) is 23.6 Å². The first-order valence-electron chi connectivity index (χ1n) is 7.34. The van der Waals surface area contributed by atoms with Crippen molar-refractivity contribution in [3.8, 4) is 11.3 Å². The molecule has 1 fully saturated rings. The Hall–Kier alpha value is -2.21. The van der Waals surface area contributed by atoms with Gasteiger partial charge in [0.15, 0.2) is 0 Å². The van der Waals surface area contributed by atoms with Gasteiger partial charge in [0.2, 0.25) is 16.8 Å². The lowest BCUT2D eigenvalue weighted by atomic mass is 10.0. The third-order valence-electron chi connectivity index (χ3n) is 3.92. The van der Waals surface area contributed by atoms with Crippen LogP contribution in [0, 0.1) is 19.8 Å². The number of aryl methyl sites for hydroxylation is 2. The SMILES string of the molecule is Cc1ccc(-c2csc3nc(NC(=O)C4CC4)nn23)c(C)c1. The Morgan fingerprint density at radius 1 is 1.36 bits per heavy atom. The van der Waals surface area contributed by atoms with Crippen LogP contribution in [0.25, 0.3) is 16.2 Å². The van der Waals surface area contributed by atoms with Crippen molar-refractivity contribution in [3.63, 3.8) is 0 Å². The van der Waals surface area contributed by atoms with E-state index in [1.165, 1.54) is 22.5 Å². The normalized spacial score (nSPS) is 14.5. The summed E-state index contributed by atoms with van der Waals surface area (Å²) < 4.78 is 1.81. The standard InChI is InChI=1S/C16H16N4OS/c1-9-3-6-12(10(2)7-9)13-8-22-16-18-15(19-20(13)16)17-14(21)11-4-5-11/h3,6-8,11H,4-5H2,1-2H3,(H,17,19,21). The fraction of sp³-hybridized carbons (Fsp3) is 0.312. The molecule has 3 aromatic rings. The number of fused-ring (bicyclic) bond motifs is 1. The first kappa shape index (κ1) is 13.5. The zero-order valence-electron chi connectivity index (χ0n) is 12.5. The monoisotopic (exact) mass is 312 g/mol. The maximum Gasteiger partial charge on any atom is 0.250 e. The molecule has 2 aromatic heterocycles. The molecule has 6 heteroatoms. The summed E-state index contributed by atoms with van der Waals surface area (Å²) in [6, 6.07) is 6.36. The molecule has 0 bridgehead atoms. The molecule has 0 spiro atoms. The minimum Gasteiger partial charge on any atom is -0.293 e. The van der Waals surface area contributed by atoms with Crippen molar-refractivity contribution in [1.29, 1.82) is 0 Å². The molecule has 1 aliphatic carbocycles. The minimum absolute atomic E-state index is 0.0336. The molecule has 1 amide bonds. The number of benzene rings is 1. The number of carbonyl (C=O) groups excluding carboxylic acids is 1. The lowest BCUT2D eigenvalue weighted by molar-refractivity contribution is -0.117. The Bertz CT molecular complexity index is 876. The van der Waals surface area contributed by atoms with Crippen LogP contribution in [0.5, 0.6) is 0 Å². The number of aromatic nitrogens is 3. The highest BCUT2D eigenvalue weighted by Crippen LogP contribution is 2.31. The summed E-state index contributed by atoms with van der Waals surface area (Å²) in [5.74, 6) is 0.585. The summed E-state index contributed by atoms with van der Waals surface area (Å²) >= 11 is 1.53. The highest BCUT2D eigenvalue weighted by molar-refractivity contribution is 7.15. The van der Waals surface area contributed by atoms with Crippen molar-refractivity contribution in [3.05, 3.63) is 34.7 Å². The van der Waals surface area contributed by atoms with Crippen LogP contribution in [0.2, 0.25) is 0 Å². The molecule has 0 unspecified atom stereocenters. The van der Waals surface area contributed by atoms with E-state index in [4.69, 9.17) is 0 Å². The van der Waals surface area contributed by atoms with Crippen LogP contribution in [-0.2, 0) is 4.79 Å². The highest BCUT2D eigenvalue weighted by Gasteiger charge is 2.30. The number of hydrogen-bond donors (Lipinski definition) is 1. The number of anilines is 1. The zero-order valence-corrected chi connectivity index (χ0v) is 13.3. The predicted octanol–water partition coefficient (Wildman–Crippen LogP) is 3.42. The van der Waals surface area contributed by atoms with Crippen molar-refractivity contribution >= 4 is 28.2 Å². The molecule has 1 N–H and O–H groups in total. The van der Waals surface area contributed by atoms with E-state index < -0.39 is 0 Å². The lowest BCUT2D eigenvalue weighted by Gasteiger charge is -2.05. The number of amides is 1. The third-order valence-corrected chi connectivity index (χ3v) is 4.74. The number of rotatable bonds is 3. The van der Waals surface area contributed by atoms with Crippen LogP contribution in [0.4, 0.5) is 5.95 Å². The Morgan fingerprint density at radius 2 is 2.18 bits per heavy atom. The quantitative estimate of drug-likeness (QED) is 0.806. The molecule has 0 atom stereocenters. The summed E-state index contributed by atoms with van der Waals surface area (Å²) in [7, 11) is 0. The molecule has 1 saturated carbocycles. The van der Waals surface area contributed by atoms with E-state index in [1.807, 2.05) is 4.52 Å². The maximum atomic E-state index is 11.8. The first-order chi connectivity index (χ1) is 10.6. The first-order valence-corrected chi connectivity index (χ1v) is 8.22.